The Labute approximate surface area is 187 Å². The van der Waals surface area contributed by atoms with Gasteiger partial charge in [-0.05, 0) is 54.0 Å². The average Bonchev–Trinajstić information content (AvgIpc) is 2.66. The van der Waals surface area contributed by atoms with Gasteiger partial charge in [-0.15, -0.1) is 0 Å². The molecule has 0 heterocycles. The number of aryl methyl sites for hydroxylation is 1. The normalized spacial score (nSPS) is 12.7. The van der Waals surface area contributed by atoms with Gasteiger partial charge in [0.15, 0.2) is 0 Å². The molecule has 0 spiro atoms. The van der Waals surface area contributed by atoms with Crippen LogP contribution in [0.25, 0.3) is 0 Å². The second-order valence-electron chi connectivity index (χ2n) is 9.70. The minimum absolute atomic E-state index is 0.0340. The average molecular weight is 449 g/mol. The SMILES string of the molecule is Cc1ccc(S(=O)(=O)OCCOCCOc2ccc(C(C)(C)CC(C)(C)C)cc2)cc1. The zero-order chi connectivity index (χ0) is 23.1. The molecule has 2 aromatic carbocycles. The molecule has 0 aromatic heterocycles. The standard InChI is InChI=1S/C25H36O5S/c1-20-7-13-23(14-8-20)31(26,27)30-18-16-28-15-17-29-22-11-9-21(10-12-22)25(5,6)19-24(2,3)4/h7-14H,15-19H2,1-6H3. The molecule has 0 aliphatic rings. The van der Waals surface area contributed by atoms with Crippen LogP contribution in [-0.2, 0) is 24.5 Å². The summed E-state index contributed by atoms with van der Waals surface area (Å²) < 4.78 is 40.3. The van der Waals surface area contributed by atoms with Crippen molar-refractivity contribution in [2.75, 3.05) is 26.4 Å². The van der Waals surface area contributed by atoms with Gasteiger partial charge in [-0.25, -0.2) is 0 Å². The van der Waals surface area contributed by atoms with Gasteiger partial charge in [0.2, 0.25) is 0 Å². The summed E-state index contributed by atoms with van der Waals surface area (Å²) in [5.74, 6) is 0.789. The highest BCUT2D eigenvalue weighted by Crippen LogP contribution is 2.36. The largest absolute Gasteiger partial charge is 0.491 e. The first-order chi connectivity index (χ1) is 14.4. The topological polar surface area (TPSA) is 61.8 Å². The van der Waals surface area contributed by atoms with Gasteiger partial charge in [0.05, 0.1) is 24.7 Å². The van der Waals surface area contributed by atoms with Crippen molar-refractivity contribution in [2.24, 2.45) is 5.41 Å². The van der Waals surface area contributed by atoms with E-state index in [0.29, 0.717) is 13.2 Å². The fourth-order valence-electron chi connectivity index (χ4n) is 3.73. The highest BCUT2D eigenvalue weighted by Gasteiger charge is 2.27. The Morgan fingerprint density at radius 2 is 1.35 bits per heavy atom. The van der Waals surface area contributed by atoms with Crippen LogP contribution in [-0.4, -0.2) is 34.8 Å². The Bertz CT molecular complexity index is 908. The predicted molar refractivity (Wildman–Crippen MR) is 124 cm³/mol. The number of benzene rings is 2. The first-order valence-electron chi connectivity index (χ1n) is 10.7. The molecule has 172 valence electrons. The molecule has 0 aliphatic heterocycles. The molecule has 0 radical (unpaired) electrons. The summed E-state index contributed by atoms with van der Waals surface area (Å²) in [6.07, 6.45) is 1.09. The summed E-state index contributed by atoms with van der Waals surface area (Å²) in [5.41, 5.74) is 2.64. The van der Waals surface area contributed by atoms with E-state index in [4.69, 9.17) is 13.7 Å². The maximum atomic E-state index is 12.1. The molecule has 0 amide bonds. The molecule has 0 fully saturated rings. The van der Waals surface area contributed by atoms with E-state index >= 15 is 0 Å². The summed E-state index contributed by atoms with van der Waals surface area (Å²) in [6, 6.07) is 14.7. The Morgan fingerprint density at radius 3 is 1.94 bits per heavy atom. The van der Waals surface area contributed by atoms with Gasteiger partial charge in [0.25, 0.3) is 10.1 Å². The second kappa shape index (κ2) is 10.6. The quantitative estimate of drug-likeness (QED) is 0.335. The Kier molecular flexibility index (Phi) is 8.69. The lowest BCUT2D eigenvalue weighted by atomic mass is 9.72. The van der Waals surface area contributed by atoms with Crippen LogP contribution in [0.2, 0.25) is 0 Å². The Morgan fingerprint density at radius 1 is 0.774 bits per heavy atom. The molecular weight excluding hydrogens is 412 g/mol. The monoisotopic (exact) mass is 448 g/mol. The van der Waals surface area contributed by atoms with E-state index in [9.17, 15) is 8.42 Å². The Hall–Kier alpha value is -1.89. The van der Waals surface area contributed by atoms with E-state index in [1.54, 1.807) is 12.1 Å². The van der Waals surface area contributed by atoms with Gasteiger partial charge in [-0.1, -0.05) is 64.4 Å². The lowest BCUT2D eigenvalue weighted by Crippen LogP contribution is -2.24. The van der Waals surface area contributed by atoms with Crippen LogP contribution in [0, 0.1) is 12.3 Å². The van der Waals surface area contributed by atoms with Crippen LogP contribution in [0.5, 0.6) is 5.75 Å². The fourth-order valence-corrected chi connectivity index (χ4v) is 4.62. The molecule has 6 heteroatoms. The van der Waals surface area contributed by atoms with Crippen LogP contribution < -0.4 is 4.74 Å². The molecule has 2 rings (SSSR count). The summed E-state index contributed by atoms with van der Waals surface area (Å²) >= 11 is 0. The third-order valence-corrected chi connectivity index (χ3v) is 6.21. The fraction of sp³-hybridized carbons (Fsp3) is 0.520. The summed E-state index contributed by atoms with van der Waals surface area (Å²) in [7, 11) is -3.75. The number of ether oxygens (including phenoxy) is 2. The summed E-state index contributed by atoms with van der Waals surface area (Å²) in [6.45, 7) is 14.1. The van der Waals surface area contributed by atoms with Crippen molar-refractivity contribution in [1.82, 2.24) is 0 Å². The maximum Gasteiger partial charge on any atom is 0.297 e. The lowest BCUT2D eigenvalue weighted by Gasteiger charge is -2.33. The minimum Gasteiger partial charge on any atom is -0.491 e. The van der Waals surface area contributed by atoms with Crippen molar-refractivity contribution in [3.63, 3.8) is 0 Å². The van der Waals surface area contributed by atoms with Crippen molar-refractivity contribution in [1.29, 1.82) is 0 Å². The third-order valence-electron chi connectivity index (χ3n) is 4.88. The van der Waals surface area contributed by atoms with E-state index in [1.807, 2.05) is 19.1 Å². The minimum atomic E-state index is -3.75. The van der Waals surface area contributed by atoms with Gasteiger partial charge < -0.3 is 9.47 Å². The van der Waals surface area contributed by atoms with Crippen LogP contribution >= 0.6 is 0 Å². The molecule has 0 atom stereocenters. The molecule has 2 aromatic rings. The second-order valence-corrected chi connectivity index (χ2v) is 11.3. The molecule has 0 saturated heterocycles. The van der Waals surface area contributed by atoms with Gasteiger partial charge in [0, 0.05) is 0 Å². The summed E-state index contributed by atoms with van der Waals surface area (Å²) in [5, 5.41) is 0. The van der Waals surface area contributed by atoms with Crippen LogP contribution in [0.4, 0.5) is 0 Å². The first kappa shape index (κ1) is 25.4. The van der Waals surface area contributed by atoms with Crippen molar-refractivity contribution in [3.8, 4) is 5.75 Å². The van der Waals surface area contributed by atoms with E-state index in [2.05, 4.69) is 46.8 Å². The van der Waals surface area contributed by atoms with Gasteiger partial charge >= 0.3 is 0 Å². The molecule has 0 N–H and O–H groups in total. The first-order valence-corrected chi connectivity index (χ1v) is 12.1. The van der Waals surface area contributed by atoms with Gasteiger partial charge in [-0.2, -0.15) is 8.42 Å². The smallest absolute Gasteiger partial charge is 0.297 e. The van der Waals surface area contributed by atoms with Crippen molar-refractivity contribution >= 4 is 10.1 Å². The molecule has 0 bridgehead atoms. The van der Waals surface area contributed by atoms with E-state index < -0.39 is 10.1 Å². The van der Waals surface area contributed by atoms with Gasteiger partial charge in [0.1, 0.15) is 12.4 Å². The predicted octanol–water partition coefficient (Wildman–Crippen LogP) is 5.51. The van der Waals surface area contributed by atoms with Crippen molar-refractivity contribution in [3.05, 3.63) is 59.7 Å². The molecule has 31 heavy (non-hydrogen) atoms. The van der Waals surface area contributed by atoms with Crippen molar-refractivity contribution < 1.29 is 22.1 Å². The molecule has 5 nitrogen and oxygen atoms in total. The number of hydrogen-bond acceptors (Lipinski definition) is 5. The van der Waals surface area contributed by atoms with E-state index in [0.717, 1.165) is 17.7 Å². The summed E-state index contributed by atoms with van der Waals surface area (Å²) in [4.78, 5) is 0.149. The van der Waals surface area contributed by atoms with Crippen LogP contribution in [0.15, 0.2) is 53.4 Å². The molecule has 0 aliphatic carbocycles. The third kappa shape index (κ3) is 8.63. The zero-order valence-corrected chi connectivity index (χ0v) is 20.4. The lowest BCUT2D eigenvalue weighted by molar-refractivity contribution is 0.0779. The van der Waals surface area contributed by atoms with E-state index in [1.165, 1.54) is 17.7 Å². The van der Waals surface area contributed by atoms with Gasteiger partial charge in [-0.3, -0.25) is 4.18 Å². The number of hydrogen-bond donors (Lipinski definition) is 0. The molecular formula is C25H36O5S. The Balaban J connectivity index is 1.68. The highest BCUT2D eigenvalue weighted by molar-refractivity contribution is 7.86. The molecule has 0 saturated carbocycles. The van der Waals surface area contributed by atoms with Crippen LogP contribution in [0.3, 0.4) is 0 Å². The van der Waals surface area contributed by atoms with Crippen LogP contribution in [0.1, 0.15) is 52.2 Å². The van der Waals surface area contributed by atoms with E-state index in [-0.39, 0.29) is 28.9 Å². The highest BCUT2D eigenvalue weighted by atomic mass is 32.2. The zero-order valence-electron chi connectivity index (χ0n) is 19.6. The maximum absolute atomic E-state index is 12.1. The van der Waals surface area contributed by atoms with Crippen molar-refractivity contribution in [2.45, 2.75) is 58.3 Å². The number of rotatable bonds is 11. The molecule has 0 unspecified atom stereocenters.